The zero-order chi connectivity index (χ0) is 35.9. The SMILES string of the molecule is CCc1cc(CCCCCCCCCC(C)C)c(O)c(C(=O)[O-])c1.CCc1cc(CCCCCCCCCC(C)C)c(O)c(C(=O)[O-])c1.[Zn+2]. The van der Waals surface area contributed by atoms with Crippen LogP contribution in [0.1, 0.15) is 187 Å². The molecular weight excluding hydrogens is 666 g/mol. The minimum atomic E-state index is -1.30. The van der Waals surface area contributed by atoms with Crippen LogP contribution in [0, 0.1) is 11.8 Å². The summed E-state index contributed by atoms with van der Waals surface area (Å²) in [5.41, 5.74) is 3.21. The Labute approximate surface area is 311 Å². The smallest absolute Gasteiger partial charge is 0.545 e. The van der Waals surface area contributed by atoms with Crippen molar-refractivity contribution in [2.75, 3.05) is 0 Å². The third-order valence-electron chi connectivity index (χ3n) is 9.21. The number of carbonyl (C=O) groups excluding carboxylic acids is 2. The van der Waals surface area contributed by atoms with Crippen molar-refractivity contribution in [1.82, 2.24) is 0 Å². The number of carboxylic acid groups (broad SMARTS) is 2. The molecule has 0 aromatic heterocycles. The Bertz CT molecular complexity index is 1110. The van der Waals surface area contributed by atoms with Gasteiger partial charge >= 0.3 is 19.5 Å². The van der Waals surface area contributed by atoms with E-state index in [1.807, 2.05) is 26.0 Å². The zero-order valence-corrected chi connectivity index (χ0v) is 34.8. The first-order chi connectivity index (χ1) is 22.9. The normalized spacial score (nSPS) is 10.9. The Morgan fingerprint density at radius 1 is 0.531 bits per heavy atom. The largest absolute Gasteiger partial charge is 2.00 e. The fourth-order valence-electron chi connectivity index (χ4n) is 6.13. The second-order valence-electron chi connectivity index (χ2n) is 14.4. The Hall–Kier alpha value is -2.40. The van der Waals surface area contributed by atoms with E-state index in [0.29, 0.717) is 0 Å². The number of carbonyl (C=O) groups is 2. The van der Waals surface area contributed by atoms with Gasteiger partial charge in [-0.1, -0.05) is 144 Å². The zero-order valence-electron chi connectivity index (χ0n) is 31.8. The molecule has 0 unspecified atom stereocenters. The molecule has 0 fully saturated rings. The van der Waals surface area contributed by atoms with Crippen LogP contribution in [0.2, 0.25) is 0 Å². The summed E-state index contributed by atoms with van der Waals surface area (Å²) >= 11 is 0. The van der Waals surface area contributed by atoms with Gasteiger partial charge in [-0.15, -0.1) is 0 Å². The predicted molar refractivity (Wildman–Crippen MR) is 195 cm³/mol. The second kappa shape index (κ2) is 27.3. The average molecular weight is 732 g/mol. The summed E-state index contributed by atoms with van der Waals surface area (Å²) in [5.74, 6) is -1.21. The van der Waals surface area contributed by atoms with Gasteiger partial charge in [0.15, 0.2) is 0 Å². The van der Waals surface area contributed by atoms with Gasteiger partial charge in [0, 0.05) is 11.1 Å². The molecule has 2 rings (SSSR count). The van der Waals surface area contributed by atoms with Crippen molar-refractivity contribution in [3.05, 3.63) is 57.6 Å². The molecule has 0 aliphatic carbocycles. The molecule has 0 atom stereocenters. The van der Waals surface area contributed by atoms with Crippen molar-refractivity contribution in [3.63, 3.8) is 0 Å². The summed E-state index contributed by atoms with van der Waals surface area (Å²) in [5, 5.41) is 42.4. The van der Waals surface area contributed by atoms with Crippen molar-refractivity contribution in [1.29, 1.82) is 0 Å². The molecule has 0 radical (unpaired) electrons. The van der Waals surface area contributed by atoms with E-state index in [4.69, 9.17) is 0 Å². The molecule has 0 heterocycles. The number of hydrogen-bond donors (Lipinski definition) is 2. The number of rotatable bonds is 24. The molecule has 0 amide bonds. The number of aromatic hydroxyl groups is 2. The van der Waals surface area contributed by atoms with Crippen LogP contribution in [0.15, 0.2) is 24.3 Å². The van der Waals surface area contributed by atoms with E-state index >= 15 is 0 Å². The summed E-state index contributed by atoms with van der Waals surface area (Å²) in [6, 6.07) is 6.89. The Morgan fingerprint density at radius 3 is 1.08 bits per heavy atom. The van der Waals surface area contributed by atoms with E-state index in [1.165, 1.54) is 89.2 Å². The monoisotopic (exact) mass is 730 g/mol. The Balaban J connectivity index is 0.000000922. The van der Waals surface area contributed by atoms with E-state index in [2.05, 4.69) is 27.7 Å². The molecule has 49 heavy (non-hydrogen) atoms. The predicted octanol–water partition coefficient (Wildman–Crippen LogP) is 9.27. The molecule has 2 aromatic rings. The molecule has 0 aliphatic heterocycles. The molecule has 6 nitrogen and oxygen atoms in total. The number of unbranched alkanes of at least 4 members (excludes halogenated alkanes) is 12. The van der Waals surface area contributed by atoms with Gasteiger partial charge in [-0.3, -0.25) is 0 Å². The second-order valence-corrected chi connectivity index (χ2v) is 14.4. The van der Waals surface area contributed by atoms with Gasteiger partial charge in [0.25, 0.3) is 0 Å². The van der Waals surface area contributed by atoms with Crippen molar-refractivity contribution in [2.24, 2.45) is 11.8 Å². The van der Waals surface area contributed by atoms with Crippen molar-refractivity contribution in [2.45, 2.75) is 170 Å². The molecule has 0 saturated carbocycles. The van der Waals surface area contributed by atoms with Crippen LogP contribution in [0.4, 0.5) is 0 Å². The molecule has 7 heteroatoms. The van der Waals surface area contributed by atoms with Crippen molar-refractivity contribution >= 4 is 11.9 Å². The summed E-state index contributed by atoms with van der Waals surface area (Å²) in [4.78, 5) is 22.2. The van der Waals surface area contributed by atoms with Crippen LogP contribution in [0.25, 0.3) is 0 Å². The molecule has 0 saturated heterocycles. The maximum Gasteiger partial charge on any atom is 2.00 e. The molecule has 0 aliphatic rings. The number of phenols is 2. The van der Waals surface area contributed by atoms with E-state index in [0.717, 1.165) is 85.5 Å². The van der Waals surface area contributed by atoms with Gasteiger partial charge in [-0.05, 0) is 84.7 Å². The molecule has 272 valence electrons. The van der Waals surface area contributed by atoms with Crippen LogP contribution < -0.4 is 10.2 Å². The van der Waals surface area contributed by atoms with E-state index in [9.17, 15) is 30.0 Å². The quantitative estimate of drug-likeness (QED) is 0.0820. The van der Waals surface area contributed by atoms with E-state index < -0.39 is 11.9 Å². The maximum absolute atomic E-state index is 11.1. The first-order valence-corrected chi connectivity index (χ1v) is 19.0. The third kappa shape index (κ3) is 20.1. The summed E-state index contributed by atoms with van der Waals surface area (Å²) in [6.45, 7) is 13.1. The van der Waals surface area contributed by atoms with Crippen LogP contribution in [-0.2, 0) is 45.2 Å². The van der Waals surface area contributed by atoms with Crippen LogP contribution in [0.5, 0.6) is 11.5 Å². The summed E-state index contributed by atoms with van der Waals surface area (Å²) in [7, 11) is 0. The molecule has 2 aromatic carbocycles. The van der Waals surface area contributed by atoms with E-state index in [-0.39, 0.29) is 42.1 Å². The van der Waals surface area contributed by atoms with Gasteiger partial charge in [0.1, 0.15) is 11.5 Å². The maximum atomic E-state index is 11.1. The summed E-state index contributed by atoms with van der Waals surface area (Å²) < 4.78 is 0. The number of aryl methyl sites for hydroxylation is 4. The Kier molecular flexibility index (Phi) is 26.0. The fourth-order valence-corrected chi connectivity index (χ4v) is 6.13. The standard InChI is InChI=1S/2C21H34O3.Zn/c2*1-4-17-14-18(20(22)19(15-17)21(23)24)13-11-9-7-5-6-8-10-12-16(2)3;/h2*14-16,22H,4-13H2,1-3H3,(H,23,24);/q;;+2/p-2. The molecule has 2 N–H and O–H groups in total. The van der Waals surface area contributed by atoms with Crippen LogP contribution >= 0.6 is 0 Å². The number of benzene rings is 2. The van der Waals surface area contributed by atoms with Gasteiger partial charge in [0.05, 0.1) is 11.9 Å². The average Bonchev–Trinajstić information content (AvgIpc) is 3.04. The number of aromatic carboxylic acids is 2. The number of hydrogen-bond acceptors (Lipinski definition) is 6. The third-order valence-corrected chi connectivity index (χ3v) is 9.21. The molecular formula is C42H66O6Zn. The topological polar surface area (TPSA) is 121 Å². The number of carboxylic acids is 2. The van der Waals surface area contributed by atoms with Gasteiger partial charge in [0.2, 0.25) is 0 Å². The minimum absolute atomic E-state index is 0. The first kappa shape index (κ1) is 46.6. The van der Waals surface area contributed by atoms with E-state index in [1.54, 1.807) is 0 Å². The Morgan fingerprint density at radius 2 is 0.816 bits per heavy atom. The molecule has 0 bridgehead atoms. The van der Waals surface area contributed by atoms with Crippen molar-refractivity contribution < 1.29 is 49.5 Å². The van der Waals surface area contributed by atoms with Gasteiger partial charge in [-0.25, -0.2) is 0 Å². The van der Waals surface area contributed by atoms with Crippen LogP contribution in [-0.4, -0.2) is 22.2 Å². The minimum Gasteiger partial charge on any atom is -0.545 e. The fraction of sp³-hybridized carbons (Fsp3) is 0.667. The first-order valence-electron chi connectivity index (χ1n) is 19.0. The van der Waals surface area contributed by atoms with Crippen LogP contribution in [0.3, 0.4) is 0 Å². The van der Waals surface area contributed by atoms with Gasteiger partial charge < -0.3 is 30.0 Å². The van der Waals surface area contributed by atoms with Gasteiger partial charge in [-0.2, -0.15) is 0 Å². The van der Waals surface area contributed by atoms with Crippen molar-refractivity contribution in [3.8, 4) is 11.5 Å². The molecule has 0 spiro atoms. The summed E-state index contributed by atoms with van der Waals surface area (Å²) in [6.07, 6.45) is 22.7.